The van der Waals surface area contributed by atoms with Crippen LogP contribution in [0.1, 0.15) is 19.4 Å². The predicted molar refractivity (Wildman–Crippen MR) is 112 cm³/mol. The number of hydrogen-bond donors (Lipinski definition) is 1. The second kappa shape index (κ2) is 8.75. The van der Waals surface area contributed by atoms with Crippen LogP contribution in [0.2, 0.25) is 0 Å². The van der Waals surface area contributed by atoms with E-state index in [1.165, 1.54) is 11.8 Å². The van der Waals surface area contributed by atoms with E-state index in [0.29, 0.717) is 15.8 Å². The van der Waals surface area contributed by atoms with E-state index in [-0.39, 0.29) is 18.6 Å². The molecule has 3 rings (SSSR count). The Kier molecular flexibility index (Phi) is 6.16. The molecule has 1 aliphatic rings. The van der Waals surface area contributed by atoms with Crippen LogP contribution in [0.25, 0.3) is 6.08 Å². The first kappa shape index (κ1) is 19.7. The maximum Gasteiger partial charge on any atom is 0.266 e. The molecule has 0 unspecified atom stereocenters. The molecule has 0 bridgehead atoms. The highest BCUT2D eigenvalue weighted by molar-refractivity contribution is 8.18. The second-order valence-electron chi connectivity index (χ2n) is 6.43. The van der Waals surface area contributed by atoms with Gasteiger partial charge in [-0.3, -0.25) is 14.5 Å². The molecule has 1 fully saturated rings. The quantitative estimate of drug-likeness (QED) is 0.758. The number of thioether (sulfide) groups is 1. The summed E-state index contributed by atoms with van der Waals surface area (Å²) in [6.45, 7) is 3.76. The number of nitrogens with zero attached hydrogens (tertiary/aromatic N) is 2. The lowest BCUT2D eigenvalue weighted by molar-refractivity contribution is -0.123. The van der Waals surface area contributed by atoms with Crippen LogP contribution in [0, 0.1) is 0 Å². The zero-order valence-corrected chi connectivity index (χ0v) is 16.5. The monoisotopic (exact) mass is 395 g/mol. The molecule has 1 heterocycles. The number of benzene rings is 2. The lowest BCUT2D eigenvalue weighted by Gasteiger charge is -2.19. The Hall–Kier alpha value is -3.06. The summed E-state index contributed by atoms with van der Waals surface area (Å²) in [5.74, 6) is -0.0524. The highest BCUT2D eigenvalue weighted by atomic mass is 32.2. The SMILES string of the molecule is CC(C)N1C(=O)/C(=C\c2ccc(OCC(N)=O)cc2)SC1=Nc1ccccc1. The Morgan fingerprint density at radius 2 is 1.86 bits per heavy atom. The molecular weight excluding hydrogens is 374 g/mol. The van der Waals surface area contributed by atoms with Crippen molar-refractivity contribution in [2.24, 2.45) is 10.7 Å². The molecule has 0 saturated carbocycles. The molecular formula is C21H21N3O3S. The van der Waals surface area contributed by atoms with Crippen molar-refractivity contribution in [1.29, 1.82) is 0 Å². The van der Waals surface area contributed by atoms with E-state index in [1.54, 1.807) is 17.0 Å². The lowest BCUT2D eigenvalue weighted by Crippen LogP contribution is -2.35. The maximum atomic E-state index is 12.9. The Balaban J connectivity index is 1.83. The van der Waals surface area contributed by atoms with Crippen LogP contribution >= 0.6 is 11.8 Å². The fourth-order valence-electron chi connectivity index (χ4n) is 2.60. The maximum absolute atomic E-state index is 12.9. The van der Waals surface area contributed by atoms with Gasteiger partial charge in [0.2, 0.25) is 0 Å². The molecule has 0 aliphatic carbocycles. The third-order valence-electron chi connectivity index (χ3n) is 3.89. The Morgan fingerprint density at radius 3 is 2.46 bits per heavy atom. The first-order valence-corrected chi connectivity index (χ1v) is 9.63. The van der Waals surface area contributed by atoms with Crippen molar-refractivity contribution in [2.75, 3.05) is 6.61 Å². The molecule has 2 aromatic rings. The standard InChI is InChI=1S/C21H21N3O3S/c1-14(2)24-20(26)18(28-21(24)23-16-6-4-3-5-7-16)12-15-8-10-17(11-9-15)27-13-19(22)25/h3-12,14H,13H2,1-2H3,(H2,22,25)/b18-12+,23-21?. The molecule has 1 aliphatic heterocycles. The highest BCUT2D eigenvalue weighted by Gasteiger charge is 2.35. The summed E-state index contributed by atoms with van der Waals surface area (Å²) in [7, 11) is 0. The first-order chi connectivity index (χ1) is 13.4. The molecule has 28 heavy (non-hydrogen) atoms. The number of amides is 2. The number of nitrogens with two attached hydrogens (primary N) is 1. The third-order valence-corrected chi connectivity index (χ3v) is 4.88. The molecule has 0 aromatic heterocycles. The largest absolute Gasteiger partial charge is 0.484 e. The van der Waals surface area contributed by atoms with Crippen molar-refractivity contribution < 1.29 is 14.3 Å². The van der Waals surface area contributed by atoms with E-state index >= 15 is 0 Å². The Bertz CT molecular complexity index is 922. The van der Waals surface area contributed by atoms with E-state index in [2.05, 4.69) is 4.99 Å². The van der Waals surface area contributed by atoms with Gasteiger partial charge in [0.05, 0.1) is 10.6 Å². The first-order valence-electron chi connectivity index (χ1n) is 8.82. The zero-order chi connectivity index (χ0) is 20.1. The van der Waals surface area contributed by atoms with Crippen molar-refractivity contribution >= 4 is 40.5 Å². The van der Waals surface area contributed by atoms with Crippen LogP contribution in [0.15, 0.2) is 64.5 Å². The van der Waals surface area contributed by atoms with Crippen LogP contribution < -0.4 is 10.5 Å². The molecule has 2 amide bonds. The summed E-state index contributed by atoms with van der Waals surface area (Å²) in [5, 5.41) is 0.666. The van der Waals surface area contributed by atoms with Crippen LogP contribution in [-0.2, 0) is 9.59 Å². The number of rotatable bonds is 6. The number of para-hydroxylation sites is 1. The second-order valence-corrected chi connectivity index (χ2v) is 7.44. The molecule has 144 valence electrons. The van der Waals surface area contributed by atoms with Crippen LogP contribution in [-0.4, -0.2) is 34.5 Å². The fourth-order valence-corrected chi connectivity index (χ4v) is 3.72. The minimum Gasteiger partial charge on any atom is -0.484 e. The zero-order valence-electron chi connectivity index (χ0n) is 15.7. The normalized spacial score (nSPS) is 17.0. The average Bonchev–Trinajstić information content (AvgIpc) is 2.97. The van der Waals surface area contributed by atoms with Gasteiger partial charge < -0.3 is 10.5 Å². The van der Waals surface area contributed by atoms with E-state index < -0.39 is 5.91 Å². The topological polar surface area (TPSA) is 85.0 Å². The van der Waals surface area contributed by atoms with Crippen molar-refractivity contribution in [3.8, 4) is 5.75 Å². The molecule has 0 spiro atoms. The molecule has 7 heteroatoms. The average molecular weight is 395 g/mol. The van der Waals surface area contributed by atoms with Gasteiger partial charge in [0.1, 0.15) is 5.75 Å². The van der Waals surface area contributed by atoms with Gasteiger partial charge in [-0.05, 0) is 61.5 Å². The van der Waals surface area contributed by atoms with Gasteiger partial charge in [-0.15, -0.1) is 0 Å². The van der Waals surface area contributed by atoms with Gasteiger partial charge >= 0.3 is 0 Å². The van der Waals surface area contributed by atoms with Crippen LogP contribution in [0.5, 0.6) is 5.75 Å². The summed E-state index contributed by atoms with van der Waals surface area (Å²) in [4.78, 5) is 30.6. The molecule has 1 saturated heterocycles. The minimum absolute atomic E-state index is 0.00191. The van der Waals surface area contributed by atoms with E-state index in [1.807, 2.05) is 62.4 Å². The van der Waals surface area contributed by atoms with E-state index in [0.717, 1.165) is 11.3 Å². The Labute approximate surface area is 168 Å². The fraction of sp³-hybridized carbons (Fsp3) is 0.190. The molecule has 6 nitrogen and oxygen atoms in total. The molecule has 0 atom stereocenters. The third kappa shape index (κ3) is 4.80. The summed E-state index contributed by atoms with van der Waals surface area (Å²) in [6, 6.07) is 16.7. The summed E-state index contributed by atoms with van der Waals surface area (Å²) < 4.78 is 5.25. The van der Waals surface area contributed by atoms with E-state index in [4.69, 9.17) is 10.5 Å². The van der Waals surface area contributed by atoms with Gasteiger partial charge in [0.15, 0.2) is 11.8 Å². The number of carbonyl (C=O) groups excluding carboxylic acids is 2. The number of ether oxygens (including phenoxy) is 1. The minimum atomic E-state index is -0.529. The lowest BCUT2D eigenvalue weighted by atomic mass is 10.2. The highest BCUT2D eigenvalue weighted by Crippen LogP contribution is 2.35. The van der Waals surface area contributed by atoms with Crippen molar-refractivity contribution in [2.45, 2.75) is 19.9 Å². The predicted octanol–water partition coefficient (Wildman–Crippen LogP) is 3.56. The van der Waals surface area contributed by atoms with Crippen molar-refractivity contribution in [1.82, 2.24) is 4.90 Å². The van der Waals surface area contributed by atoms with Crippen molar-refractivity contribution in [3.05, 3.63) is 65.1 Å². The van der Waals surface area contributed by atoms with Gasteiger partial charge in [0, 0.05) is 6.04 Å². The van der Waals surface area contributed by atoms with Gasteiger partial charge in [-0.25, -0.2) is 4.99 Å². The number of carbonyl (C=O) groups is 2. The molecule has 0 radical (unpaired) electrons. The number of amidine groups is 1. The molecule has 2 N–H and O–H groups in total. The number of primary amides is 1. The number of aliphatic imine (C=N–C) groups is 1. The van der Waals surface area contributed by atoms with E-state index in [9.17, 15) is 9.59 Å². The Morgan fingerprint density at radius 1 is 1.18 bits per heavy atom. The summed E-state index contributed by atoms with van der Waals surface area (Å²) >= 11 is 1.36. The number of hydrogen-bond acceptors (Lipinski definition) is 5. The van der Waals surface area contributed by atoms with Crippen LogP contribution in [0.3, 0.4) is 0 Å². The summed E-state index contributed by atoms with van der Waals surface area (Å²) in [5.41, 5.74) is 6.73. The van der Waals surface area contributed by atoms with Gasteiger partial charge in [-0.1, -0.05) is 30.3 Å². The van der Waals surface area contributed by atoms with Gasteiger partial charge in [0.25, 0.3) is 11.8 Å². The molecule has 2 aromatic carbocycles. The summed E-state index contributed by atoms with van der Waals surface area (Å²) in [6.07, 6.45) is 1.83. The van der Waals surface area contributed by atoms with Crippen molar-refractivity contribution in [3.63, 3.8) is 0 Å². The smallest absolute Gasteiger partial charge is 0.266 e. The van der Waals surface area contributed by atoms with Gasteiger partial charge in [-0.2, -0.15) is 0 Å². The van der Waals surface area contributed by atoms with Crippen LogP contribution in [0.4, 0.5) is 5.69 Å².